The van der Waals surface area contributed by atoms with Gasteiger partial charge in [-0.2, -0.15) is 0 Å². The monoisotopic (exact) mass is 270 g/mol. The molecule has 0 spiro atoms. The molecule has 1 aliphatic rings. The zero-order valence-electron chi connectivity index (χ0n) is 9.75. The Balaban J connectivity index is 2.63. The Morgan fingerprint density at radius 3 is 2.67 bits per heavy atom. The summed E-state index contributed by atoms with van der Waals surface area (Å²) in [6, 6.07) is 1.52. The average Bonchev–Trinajstić information content (AvgIpc) is 2.71. The predicted octanol–water partition coefficient (Wildman–Crippen LogP) is 0.851. The molecule has 0 aliphatic heterocycles. The van der Waals surface area contributed by atoms with Gasteiger partial charge in [0, 0.05) is 21.7 Å². The van der Waals surface area contributed by atoms with Gasteiger partial charge in [-0.15, -0.1) is 11.3 Å². The van der Waals surface area contributed by atoms with E-state index in [1.165, 1.54) is 6.07 Å². The number of hydrogen-bond acceptors (Lipinski definition) is 5. The number of carboxylic acids is 1. The summed E-state index contributed by atoms with van der Waals surface area (Å²) in [5.41, 5.74) is -1.29. The fraction of sp³-hybridized carbons (Fsp3) is 0.417. The van der Waals surface area contributed by atoms with Crippen molar-refractivity contribution >= 4 is 22.9 Å². The minimum absolute atomic E-state index is 0.149. The van der Waals surface area contributed by atoms with Crippen LogP contribution in [-0.2, 0) is 10.4 Å². The molecular weight excluding hydrogens is 256 g/mol. The normalized spacial score (nSPS) is 30.9. The number of carbonyl (C=O) groups is 1. The molecule has 5 nitrogen and oxygen atoms in total. The molecule has 1 heterocycles. The Morgan fingerprint density at radius 1 is 1.56 bits per heavy atom. The number of fused-ring (bicyclic) bond motifs is 1. The quantitative estimate of drug-likeness (QED) is 0.638. The SMILES string of the molecule is C=C(C)c1cc2c(s1)[C@@H](O)[C@H](O)CC2(O)C(=O)O. The van der Waals surface area contributed by atoms with Crippen molar-refractivity contribution < 1.29 is 25.2 Å². The van der Waals surface area contributed by atoms with Crippen LogP contribution in [0.3, 0.4) is 0 Å². The molecule has 0 amide bonds. The molecule has 0 radical (unpaired) electrons. The fourth-order valence-electron chi connectivity index (χ4n) is 2.06. The van der Waals surface area contributed by atoms with Crippen molar-refractivity contribution in [3.63, 3.8) is 0 Å². The number of allylic oxidation sites excluding steroid dienone is 1. The lowest BCUT2D eigenvalue weighted by molar-refractivity contribution is -0.168. The molecule has 1 aromatic heterocycles. The molecule has 1 aliphatic carbocycles. The number of aliphatic hydroxyl groups is 3. The molecule has 3 atom stereocenters. The van der Waals surface area contributed by atoms with E-state index in [0.717, 1.165) is 11.3 Å². The van der Waals surface area contributed by atoms with Crippen LogP contribution in [0.1, 0.15) is 34.8 Å². The van der Waals surface area contributed by atoms with Crippen molar-refractivity contribution in [2.75, 3.05) is 0 Å². The number of carboxylic acid groups (broad SMARTS) is 1. The fourth-order valence-corrected chi connectivity index (χ4v) is 3.26. The molecule has 2 rings (SSSR count). The van der Waals surface area contributed by atoms with E-state index >= 15 is 0 Å². The maximum atomic E-state index is 11.2. The molecule has 1 aromatic rings. The molecule has 0 saturated carbocycles. The summed E-state index contributed by atoms with van der Waals surface area (Å²) in [7, 11) is 0. The van der Waals surface area contributed by atoms with E-state index < -0.39 is 30.2 Å². The van der Waals surface area contributed by atoms with Crippen LogP contribution in [0.25, 0.3) is 5.57 Å². The van der Waals surface area contributed by atoms with E-state index in [1.54, 1.807) is 6.92 Å². The number of rotatable bonds is 2. The highest BCUT2D eigenvalue weighted by molar-refractivity contribution is 7.13. The van der Waals surface area contributed by atoms with Crippen molar-refractivity contribution in [3.8, 4) is 0 Å². The lowest BCUT2D eigenvalue weighted by Gasteiger charge is -2.34. The lowest BCUT2D eigenvalue weighted by atomic mass is 9.80. The summed E-state index contributed by atoms with van der Waals surface area (Å²) in [6.45, 7) is 5.49. The van der Waals surface area contributed by atoms with Gasteiger partial charge in [-0.3, -0.25) is 0 Å². The maximum Gasteiger partial charge on any atom is 0.340 e. The minimum Gasteiger partial charge on any atom is -0.479 e. The third-order valence-electron chi connectivity index (χ3n) is 3.12. The van der Waals surface area contributed by atoms with Crippen LogP contribution in [0.4, 0.5) is 0 Å². The van der Waals surface area contributed by atoms with Crippen LogP contribution in [0, 0.1) is 0 Å². The molecule has 4 N–H and O–H groups in total. The van der Waals surface area contributed by atoms with Gasteiger partial charge in [-0.05, 0) is 18.6 Å². The zero-order valence-corrected chi connectivity index (χ0v) is 10.6. The van der Waals surface area contributed by atoms with Crippen LogP contribution < -0.4 is 0 Å². The Kier molecular flexibility index (Phi) is 3.06. The van der Waals surface area contributed by atoms with Gasteiger partial charge in [-0.25, -0.2) is 4.79 Å². The van der Waals surface area contributed by atoms with Gasteiger partial charge in [0.25, 0.3) is 0 Å². The summed E-state index contributed by atoms with van der Waals surface area (Å²) >= 11 is 1.14. The first-order valence-corrected chi connectivity index (χ1v) is 6.21. The highest BCUT2D eigenvalue weighted by Gasteiger charge is 2.49. The summed E-state index contributed by atoms with van der Waals surface area (Å²) in [4.78, 5) is 12.2. The van der Waals surface area contributed by atoms with Crippen molar-refractivity contribution in [2.24, 2.45) is 0 Å². The highest BCUT2D eigenvalue weighted by Crippen LogP contribution is 2.46. The van der Waals surface area contributed by atoms with Crippen molar-refractivity contribution in [1.82, 2.24) is 0 Å². The van der Waals surface area contributed by atoms with E-state index in [2.05, 4.69) is 6.58 Å². The Hall–Kier alpha value is -1.21. The van der Waals surface area contributed by atoms with E-state index in [9.17, 15) is 20.1 Å². The smallest absolute Gasteiger partial charge is 0.340 e. The molecule has 0 bridgehead atoms. The summed E-state index contributed by atoms with van der Waals surface area (Å²) in [6.07, 6.45) is -2.89. The second kappa shape index (κ2) is 4.17. The highest BCUT2D eigenvalue weighted by atomic mass is 32.1. The van der Waals surface area contributed by atoms with Crippen LogP contribution >= 0.6 is 11.3 Å². The first kappa shape index (κ1) is 13.2. The third-order valence-corrected chi connectivity index (χ3v) is 4.49. The first-order chi connectivity index (χ1) is 8.27. The van der Waals surface area contributed by atoms with Gasteiger partial charge in [0.1, 0.15) is 6.10 Å². The molecular formula is C12H14O5S. The van der Waals surface area contributed by atoms with Gasteiger partial charge in [0.05, 0.1) is 6.10 Å². The Labute approximate surface area is 108 Å². The molecule has 1 unspecified atom stereocenters. The molecule has 0 aromatic carbocycles. The lowest BCUT2D eigenvalue weighted by Crippen LogP contribution is -2.44. The second-order valence-corrected chi connectivity index (χ2v) is 5.63. The van der Waals surface area contributed by atoms with Gasteiger partial charge in [0.15, 0.2) is 5.60 Å². The molecule has 6 heteroatoms. The second-order valence-electron chi connectivity index (χ2n) is 4.55. The van der Waals surface area contributed by atoms with Crippen LogP contribution in [0.15, 0.2) is 12.6 Å². The number of aliphatic carboxylic acids is 1. The van der Waals surface area contributed by atoms with E-state index in [4.69, 9.17) is 5.11 Å². The number of aliphatic hydroxyl groups excluding tert-OH is 2. The number of thiophene rings is 1. The van der Waals surface area contributed by atoms with Crippen molar-refractivity contribution in [3.05, 3.63) is 28.0 Å². The standard InChI is InChI=1S/C12H14O5S/c1-5(2)8-3-6-10(18-8)9(14)7(13)4-12(6,17)11(15)16/h3,7,9,13-14,17H,1,4H2,2H3,(H,15,16)/t7-,9+,12?/m1/s1. The zero-order chi connectivity index (χ0) is 13.7. The summed E-state index contributed by atoms with van der Waals surface area (Å²) in [5.74, 6) is -1.43. The van der Waals surface area contributed by atoms with E-state index in [0.29, 0.717) is 10.5 Å². The Bertz CT molecular complexity index is 521. The number of hydrogen-bond donors (Lipinski definition) is 4. The third kappa shape index (κ3) is 1.78. The van der Waals surface area contributed by atoms with Crippen LogP contribution in [-0.4, -0.2) is 32.5 Å². The van der Waals surface area contributed by atoms with Gasteiger partial charge in [0.2, 0.25) is 0 Å². The topological polar surface area (TPSA) is 98.0 Å². The predicted molar refractivity (Wildman–Crippen MR) is 66.1 cm³/mol. The largest absolute Gasteiger partial charge is 0.479 e. The molecule has 0 fully saturated rings. The van der Waals surface area contributed by atoms with E-state index in [-0.39, 0.29) is 10.4 Å². The maximum absolute atomic E-state index is 11.2. The van der Waals surface area contributed by atoms with Crippen LogP contribution in [0.5, 0.6) is 0 Å². The first-order valence-electron chi connectivity index (χ1n) is 5.39. The average molecular weight is 270 g/mol. The van der Waals surface area contributed by atoms with E-state index in [1.807, 2.05) is 0 Å². The summed E-state index contributed by atoms with van der Waals surface area (Å²) < 4.78 is 0. The Morgan fingerprint density at radius 2 is 2.17 bits per heavy atom. The minimum atomic E-state index is -2.15. The van der Waals surface area contributed by atoms with Gasteiger partial charge in [-0.1, -0.05) is 6.58 Å². The van der Waals surface area contributed by atoms with Crippen molar-refractivity contribution in [1.29, 1.82) is 0 Å². The molecule has 0 saturated heterocycles. The summed E-state index contributed by atoms with van der Waals surface area (Å²) in [5, 5.41) is 38.9. The van der Waals surface area contributed by atoms with Crippen molar-refractivity contribution in [2.45, 2.75) is 31.2 Å². The molecule has 18 heavy (non-hydrogen) atoms. The molecule has 98 valence electrons. The van der Waals surface area contributed by atoms with Crippen LogP contribution in [0.2, 0.25) is 0 Å². The van der Waals surface area contributed by atoms with Gasteiger partial charge >= 0.3 is 5.97 Å². The van der Waals surface area contributed by atoms with Gasteiger partial charge < -0.3 is 20.4 Å².